The molecule has 5 aliphatic carbocycles. The van der Waals surface area contributed by atoms with Crippen LogP contribution in [0.25, 0.3) is 0 Å². The third-order valence-electron chi connectivity index (χ3n) is 15.3. The van der Waals surface area contributed by atoms with E-state index in [0.29, 0.717) is 24.7 Å². The molecular weight excluding hydrogens is 614 g/mol. The Morgan fingerprint density at radius 1 is 0.958 bits per heavy atom. The van der Waals surface area contributed by atoms with Crippen molar-refractivity contribution in [3.05, 3.63) is 11.6 Å². The maximum atomic E-state index is 12.5. The van der Waals surface area contributed by atoms with Crippen LogP contribution in [0.1, 0.15) is 107 Å². The van der Waals surface area contributed by atoms with Gasteiger partial charge in [0.2, 0.25) is 5.91 Å². The largest absolute Gasteiger partial charge is 0.481 e. The van der Waals surface area contributed by atoms with E-state index in [1.54, 1.807) is 0 Å². The van der Waals surface area contributed by atoms with Gasteiger partial charge in [0.15, 0.2) is 6.29 Å². The van der Waals surface area contributed by atoms with Crippen molar-refractivity contribution in [3.63, 3.8) is 0 Å². The number of hydrogen-bond donors (Lipinski definition) is 6. The van der Waals surface area contributed by atoms with Gasteiger partial charge in [-0.2, -0.15) is 0 Å². The Hall–Kier alpha value is -1.56. The lowest BCUT2D eigenvalue weighted by Crippen LogP contribution is -2.67. The van der Waals surface area contributed by atoms with E-state index in [-0.39, 0.29) is 50.9 Å². The van der Waals surface area contributed by atoms with Crippen molar-refractivity contribution in [2.45, 2.75) is 150 Å². The number of allylic oxidation sites excluding steroid dienone is 2. The fourth-order valence-electron chi connectivity index (χ4n) is 12.9. The molecular formula is C38H61NO9. The van der Waals surface area contributed by atoms with Crippen molar-refractivity contribution in [3.8, 4) is 0 Å². The summed E-state index contributed by atoms with van der Waals surface area (Å²) in [4.78, 5) is 24.6. The van der Waals surface area contributed by atoms with E-state index in [9.17, 15) is 35.1 Å². The molecule has 15 atom stereocenters. The maximum absolute atomic E-state index is 12.5. The first-order valence-corrected chi connectivity index (χ1v) is 18.4. The van der Waals surface area contributed by atoms with E-state index in [0.717, 1.165) is 38.5 Å². The molecule has 0 bridgehead atoms. The minimum absolute atomic E-state index is 0.0214. The molecule has 1 saturated heterocycles. The van der Waals surface area contributed by atoms with Crippen LogP contribution >= 0.6 is 0 Å². The van der Waals surface area contributed by atoms with Gasteiger partial charge in [-0.15, -0.1) is 0 Å². The second-order valence-corrected chi connectivity index (χ2v) is 18.7. The predicted octanol–water partition coefficient (Wildman–Crippen LogP) is 4.03. The number of carboxylic acids is 1. The summed E-state index contributed by atoms with van der Waals surface area (Å²) < 4.78 is 12.7. The SMILES string of the molecule is CC(=O)NC1C(OC2CCC3(C)C(CCC4(C)C3CC=C3C5CC(C)(C)CC(C(=O)O)C5C(O)CC34C)C2(C)C)OC(CO)C(O)C1O. The number of nitrogens with one attached hydrogen (secondary N) is 1. The molecule has 1 aliphatic heterocycles. The molecule has 10 nitrogen and oxygen atoms in total. The van der Waals surface area contributed by atoms with Gasteiger partial charge in [-0.05, 0) is 96.2 Å². The fraction of sp³-hybridized carbons (Fsp3) is 0.895. The van der Waals surface area contributed by atoms with Crippen LogP contribution in [0.15, 0.2) is 11.6 Å². The molecule has 6 rings (SSSR count). The van der Waals surface area contributed by atoms with Crippen LogP contribution in [0.3, 0.4) is 0 Å². The van der Waals surface area contributed by atoms with Gasteiger partial charge in [-0.1, -0.05) is 60.1 Å². The highest BCUT2D eigenvalue weighted by molar-refractivity contribution is 5.73. The zero-order valence-electron chi connectivity index (χ0n) is 30.2. The normalized spacial score (nSPS) is 50.9. The summed E-state index contributed by atoms with van der Waals surface area (Å²) in [6.07, 6.45) is 3.45. The molecule has 272 valence electrons. The minimum atomic E-state index is -1.36. The number of carbonyl (C=O) groups is 2. The lowest BCUT2D eigenvalue weighted by Gasteiger charge is -2.71. The molecule has 0 radical (unpaired) electrons. The molecule has 15 unspecified atom stereocenters. The molecule has 10 heteroatoms. The summed E-state index contributed by atoms with van der Waals surface area (Å²) in [5.74, 6) is -1.21. The molecule has 0 aromatic heterocycles. The Morgan fingerprint density at radius 3 is 2.27 bits per heavy atom. The van der Waals surface area contributed by atoms with E-state index in [1.807, 2.05) is 0 Å². The Kier molecular flexibility index (Phi) is 9.07. The Labute approximate surface area is 286 Å². The van der Waals surface area contributed by atoms with Crippen LogP contribution in [0.2, 0.25) is 0 Å². The summed E-state index contributed by atoms with van der Waals surface area (Å²) >= 11 is 0. The topological polar surface area (TPSA) is 166 Å². The highest BCUT2D eigenvalue weighted by Gasteiger charge is 2.69. The highest BCUT2D eigenvalue weighted by atomic mass is 16.7. The zero-order valence-corrected chi connectivity index (χ0v) is 30.2. The van der Waals surface area contributed by atoms with Crippen LogP contribution in [-0.4, -0.2) is 86.9 Å². The standard InChI is InChI=1S/C38H61NO9/c1-19(41)39-29-31(44)30(43)24(18-40)47-33(29)48-27-12-13-36(6)25(35(27,4)5)11-14-37(7)26(36)10-9-22-20-15-34(2,3)16-21(32(45)46)28(20)23(42)17-38(22,37)8/h9,20-21,23-31,33,40,42-44H,10-18H2,1-8H3,(H,39,41)(H,45,46). The molecule has 48 heavy (non-hydrogen) atoms. The lowest BCUT2D eigenvalue weighted by atomic mass is 9.34. The molecule has 6 N–H and O–H groups in total. The summed E-state index contributed by atoms with van der Waals surface area (Å²) in [6.45, 7) is 17.0. The van der Waals surface area contributed by atoms with Crippen molar-refractivity contribution < 1.29 is 44.6 Å². The Morgan fingerprint density at radius 2 is 1.65 bits per heavy atom. The molecule has 1 amide bonds. The van der Waals surface area contributed by atoms with Crippen LogP contribution in [0, 0.1) is 56.7 Å². The summed E-state index contributed by atoms with van der Waals surface area (Å²) in [7, 11) is 0. The van der Waals surface area contributed by atoms with E-state index in [2.05, 4.69) is 59.9 Å². The molecule has 5 fully saturated rings. The van der Waals surface area contributed by atoms with Crippen molar-refractivity contribution in [2.75, 3.05) is 6.61 Å². The maximum Gasteiger partial charge on any atom is 0.306 e. The number of carboxylic acid groups (broad SMARTS) is 1. The quantitative estimate of drug-likeness (QED) is 0.186. The average Bonchev–Trinajstić information content (AvgIpc) is 2.97. The van der Waals surface area contributed by atoms with Gasteiger partial charge in [-0.25, -0.2) is 0 Å². The van der Waals surface area contributed by atoms with Crippen molar-refractivity contribution in [1.82, 2.24) is 5.32 Å². The van der Waals surface area contributed by atoms with E-state index >= 15 is 0 Å². The number of aliphatic hydroxyl groups is 4. The molecule has 1 heterocycles. The number of carbonyl (C=O) groups excluding carboxylic acids is 1. The second kappa shape index (κ2) is 12.0. The third-order valence-corrected chi connectivity index (χ3v) is 15.3. The van der Waals surface area contributed by atoms with Crippen LogP contribution in [0.5, 0.6) is 0 Å². The minimum Gasteiger partial charge on any atom is -0.481 e. The number of fused-ring (bicyclic) bond motifs is 7. The van der Waals surface area contributed by atoms with E-state index in [1.165, 1.54) is 12.5 Å². The zero-order chi connectivity index (χ0) is 35.4. The first-order valence-electron chi connectivity index (χ1n) is 18.4. The molecule has 0 spiro atoms. The van der Waals surface area contributed by atoms with Gasteiger partial charge in [-0.3, -0.25) is 9.59 Å². The van der Waals surface area contributed by atoms with Crippen molar-refractivity contribution in [1.29, 1.82) is 0 Å². The summed E-state index contributed by atoms with van der Waals surface area (Å²) in [6, 6.07) is -0.979. The summed E-state index contributed by atoms with van der Waals surface area (Å²) in [5, 5.41) is 56.1. The van der Waals surface area contributed by atoms with E-state index < -0.39 is 55.2 Å². The Bertz CT molecular complexity index is 1310. The number of ether oxygens (including phenoxy) is 2. The predicted molar refractivity (Wildman–Crippen MR) is 178 cm³/mol. The summed E-state index contributed by atoms with van der Waals surface area (Å²) in [5.41, 5.74) is 0.655. The van der Waals surface area contributed by atoms with E-state index in [4.69, 9.17) is 9.47 Å². The van der Waals surface area contributed by atoms with Crippen LogP contribution < -0.4 is 5.32 Å². The molecule has 4 saturated carbocycles. The van der Waals surface area contributed by atoms with Crippen molar-refractivity contribution in [2.24, 2.45) is 56.7 Å². The number of hydrogen-bond acceptors (Lipinski definition) is 8. The first-order chi connectivity index (χ1) is 22.2. The van der Waals surface area contributed by atoms with Crippen LogP contribution in [-0.2, 0) is 19.1 Å². The highest BCUT2D eigenvalue weighted by Crippen LogP contribution is 2.75. The molecule has 6 aliphatic rings. The van der Waals surface area contributed by atoms with Gasteiger partial charge in [0.05, 0.1) is 24.7 Å². The third kappa shape index (κ3) is 5.33. The number of aliphatic hydroxyl groups excluding tert-OH is 4. The monoisotopic (exact) mass is 675 g/mol. The molecule has 0 aromatic carbocycles. The second-order valence-electron chi connectivity index (χ2n) is 18.7. The smallest absolute Gasteiger partial charge is 0.306 e. The average molecular weight is 676 g/mol. The van der Waals surface area contributed by atoms with Crippen LogP contribution in [0.4, 0.5) is 0 Å². The number of rotatable bonds is 5. The number of aliphatic carboxylic acids is 1. The van der Waals surface area contributed by atoms with Gasteiger partial charge < -0.3 is 40.3 Å². The van der Waals surface area contributed by atoms with Gasteiger partial charge in [0, 0.05) is 12.8 Å². The first kappa shape index (κ1) is 36.2. The lowest BCUT2D eigenvalue weighted by molar-refractivity contribution is -0.307. The van der Waals surface area contributed by atoms with Gasteiger partial charge in [0.25, 0.3) is 0 Å². The van der Waals surface area contributed by atoms with Crippen molar-refractivity contribution >= 4 is 11.9 Å². The Balaban J connectivity index is 1.29. The van der Waals surface area contributed by atoms with Gasteiger partial charge in [0.1, 0.15) is 24.4 Å². The van der Waals surface area contributed by atoms with Gasteiger partial charge >= 0.3 is 5.97 Å². The number of amides is 1. The molecule has 0 aromatic rings. The fourth-order valence-corrected chi connectivity index (χ4v) is 12.9.